The van der Waals surface area contributed by atoms with E-state index in [1.807, 2.05) is 6.92 Å². The van der Waals surface area contributed by atoms with E-state index in [9.17, 15) is 23.5 Å². The fraction of sp³-hybridized carbons (Fsp3) is 0.120. The van der Waals surface area contributed by atoms with E-state index in [4.69, 9.17) is 0 Å². The van der Waals surface area contributed by atoms with Crippen molar-refractivity contribution in [1.82, 2.24) is 4.90 Å². The number of ketones is 1. The Morgan fingerprint density at radius 1 is 0.969 bits per heavy atom. The molecule has 0 saturated carbocycles. The molecule has 0 aliphatic carbocycles. The number of amides is 1. The van der Waals surface area contributed by atoms with Crippen LogP contribution in [0.3, 0.4) is 0 Å². The number of halogens is 3. The van der Waals surface area contributed by atoms with Crippen molar-refractivity contribution in [2.75, 3.05) is 0 Å². The minimum Gasteiger partial charge on any atom is -0.507 e. The number of carbonyl (C=O) groups excluding carboxylic acids is 2. The van der Waals surface area contributed by atoms with Crippen LogP contribution in [0.5, 0.6) is 0 Å². The van der Waals surface area contributed by atoms with Crippen LogP contribution in [-0.2, 0) is 16.1 Å². The fourth-order valence-corrected chi connectivity index (χ4v) is 4.02. The molecule has 1 N–H and O–H groups in total. The van der Waals surface area contributed by atoms with E-state index in [1.54, 1.807) is 18.2 Å². The largest absolute Gasteiger partial charge is 0.507 e. The van der Waals surface area contributed by atoms with Crippen molar-refractivity contribution < 1.29 is 23.5 Å². The average molecular weight is 498 g/mol. The van der Waals surface area contributed by atoms with Gasteiger partial charge in [-0.3, -0.25) is 9.59 Å². The first-order chi connectivity index (χ1) is 15.3. The zero-order chi connectivity index (χ0) is 23.0. The number of hydrogen-bond acceptors (Lipinski definition) is 3. The molecule has 3 aromatic carbocycles. The number of nitrogens with zero attached hydrogens (tertiary/aromatic N) is 1. The highest BCUT2D eigenvalue weighted by Gasteiger charge is 2.46. The number of rotatable bonds is 4. The Kier molecular flexibility index (Phi) is 5.93. The lowest BCUT2D eigenvalue weighted by Crippen LogP contribution is -2.29. The minimum atomic E-state index is -0.926. The fourth-order valence-electron chi connectivity index (χ4n) is 3.77. The third-order valence-electron chi connectivity index (χ3n) is 5.42. The second-order valence-corrected chi connectivity index (χ2v) is 8.42. The number of aryl methyl sites for hydroxylation is 1. The lowest BCUT2D eigenvalue weighted by Gasteiger charge is -2.25. The Hall–Kier alpha value is -3.32. The molecular weight excluding hydrogens is 480 g/mol. The van der Waals surface area contributed by atoms with E-state index in [0.29, 0.717) is 16.7 Å². The normalized spacial score (nSPS) is 17.8. The van der Waals surface area contributed by atoms with Gasteiger partial charge in [-0.1, -0.05) is 46.3 Å². The van der Waals surface area contributed by atoms with Crippen molar-refractivity contribution in [2.24, 2.45) is 0 Å². The molecule has 4 rings (SSSR count). The number of carbonyl (C=O) groups is 2. The molecule has 0 spiro atoms. The third-order valence-corrected chi connectivity index (χ3v) is 6.31. The summed E-state index contributed by atoms with van der Waals surface area (Å²) in [5.41, 5.74) is 2.24. The summed E-state index contributed by atoms with van der Waals surface area (Å²) < 4.78 is 27.7. The van der Waals surface area contributed by atoms with Crippen molar-refractivity contribution in [2.45, 2.75) is 19.5 Å². The Morgan fingerprint density at radius 3 is 2.16 bits per heavy atom. The highest BCUT2D eigenvalue weighted by atomic mass is 79.9. The van der Waals surface area contributed by atoms with Crippen LogP contribution in [-0.4, -0.2) is 21.7 Å². The quantitative estimate of drug-likeness (QED) is 0.287. The van der Waals surface area contributed by atoms with Crippen LogP contribution >= 0.6 is 15.9 Å². The lowest BCUT2D eigenvalue weighted by atomic mass is 9.94. The summed E-state index contributed by atoms with van der Waals surface area (Å²) in [6.07, 6.45) is 0. The topological polar surface area (TPSA) is 57.6 Å². The predicted octanol–water partition coefficient (Wildman–Crippen LogP) is 5.66. The molecule has 32 heavy (non-hydrogen) atoms. The van der Waals surface area contributed by atoms with Crippen LogP contribution in [0.2, 0.25) is 0 Å². The Labute approximate surface area is 191 Å². The third kappa shape index (κ3) is 4.08. The van der Waals surface area contributed by atoms with Gasteiger partial charge in [0.15, 0.2) is 0 Å². The summed E-state index contributed by atoms with van der Waals surface area (Å²) >= 11 is 3.40. The van der Waals surface area contributed by atoms with Gasteiger partial charge >= 0.3 is 0 Å². The number of hydrogen-bond donors (Lipinski definition) is 1. The van der Waals surface area contributed by atoms with Crippen LogP contribution in [0.1, 0.15) is 28.3 Å². The van der Waals surface area contributed by atoms with Crippen molar-refractivity contribution in [1.29, 1.82) is 0 Å². The molecule has 1 saturated heterocycles. The molecule has 1 fully saturated rings. The van der Waals surface area contributed by atoms with Gasteiger partial charge < -0.3 is 10.0 Å². The standard InChI is InChI=1S/C25H18BrF2NO3/c1-14-12-17(6-11-20(14)26)23(30)21-22(16-4-9-19(28)10-5-16)29(25(32)24(21)31)13-15-2-7-18(27)8-3-15/h2-12,22,30H,13H2,1H3/b23-21-. The summed E-state index contributed by atoms with van der Waals surface area (Å²) in [4.78, 5) is 27.3. The maximum atomic E-state index is 13.6. The molecule has 1 aliphatic heterocycles. The van der Waals surface area contributed by atoms with Gasteiger partial charge in [-0.05, 0) is 60.0 Å². The molecule has 1 heterocycles. The molecule has 3 aromatic rings. The first kappa shape index (κ1) is 21.9. The molecule has 0 aromatic heterocycles. The maximum Gasteiger partial charge on any atom is 0.295 e. The monoisotopic (exact) mass is 497 g/mol. The van der Waals surface area contributed by atoms with Gasteiger partial charge in [0.1, 0.15) is 17.4 Å². The van der Waals surface area contributed by atoms with Gasteiger partial charge in [-0.2, -0.15) is 0 Å². The number of aliphatic hydroxyl groups excluding tert-OH is 1. The van der Waals surface area contributed by atoms with Crippen molar-refractivity contribution in [3.63, 3.8) is 0 Å². The Balaban J connectivity index is 1.86. The molecular formula is C25H18BrF2NO3. The zero-order valence-electron chi connectivity index (χ0n) is 17.0. The van der Waals surface area contributed by atoms with E-state index < -0.39 is 29.4 Å². The lowest BCUT2D eigenvalue weighted by molar-refractivity contribution is -0.140. The molecule has 0 bridgehead atoms. The molecule has 7 heteroatoms. The summed E-state index contributed by atoms with van der Waals surface area (Å²) in [5, 5.41) is 11.1. The molecule has 1 unspecified atom stereocenters. The molecule has 1 amide bonds. The molecule has 1 atom stereocenters. The van der Waals surface area contributed by atoms with Crippen LogP contribution in [0.15, 0.2) is 76.8 Å². The van der Waals surface area contributed by atoms with Crippen LogP contribution in [0.25, 0.3) is 5.76 Å². The van der Waals surface area contributed by atoms with Gasteiger partial charge in [-0.25, -0.2) is 8.78 Å². The van der Waals surface area contributed by atoms with Gasteiger partial charge in [0.05, 0.1) is 11.6 Å². The summed E-state index contributed by atoms with van der Waals surface area (Å²) in [6, 6.07) is 15.2. The highest BCUT2D eigenvalue weighted by molar-refractivity contribution is 9.10. The number of benzene rings is 3. The Bertz CT molecular complexity index is 1240. The number of likely N-dealkylation sites (tertiary alicyclic amines) is 1. The predicted molar refractivity (Wildman–Crippen MR) is 120 cm³/mol. The average Bonchev–Trinajstić information content (AvgIpc) is 3.02. The Morgan fingerprint density at radius 2 is 1.56 bits per heavy atom. The van der Waals surface area contributed by atoms with E-state index in [0.717, 1.165) is 10.0 Å². The van der Waals surface area contributed by atoms with Crippen molar-refractivity contribution in [3.8, 4) is 0 Å². The van der Waals surface area contributed by atoms with Crippen LogP contribution < -0.4 is 0 Å². The molecule has 162 valence electrons. The van der Waals surface area contributed by atoms with Crippen molar-refractivity contribution in [3.05, 3.63) is 111 Å². The van der Waals surface area contributed by atoms with Crippen molar-refractivity contribution >= 4 is 33.4 Å². The second-order valence-electron chi connectivity index (χ2n) is 7.57. The SMILES string of the molecule is Cc1cc(/C(O)=C2/C(=O)C(=O)N(Cc3ccc(F)cc3)C2c2ccc(F)cc2)ccc1Br. The summed E-state index contributed by atoms with van der Waals surface area (Å²) in [5.74, 6) is -2.82. The number of Topliss-reactive ketones (excluding diaryl/α,β-unsaturated/α-hetero) is 1. The highest BCUT2D eigenvalue weighted by Crippen LogP contribution is 2.40. The zero-order valence-corrected chi connectivity index (χ0v) is 18.6. The van der Waals surface area contributed by atoms with E-state index in [1.165, 1.54) is 53.4 Å². The maximum absolute atomic E-state index is 13.6. The number of aliphatic hydroxyl groups is 1. The van der Waals surface area contributed by atoms with Gasteiger partial charge in [0, 0.05) is 16.6 Å². The first-order valence-electron chi connectivity index (χ1n) is 9.81. The molecule has 4 nitrogen and oxygen atoms in total. The van der Waals surface area contributed by atoms with Crippen LogP contribution in [0, 0.1) is 18.6 Å². The smallest absolute Gasteiger partial charge is 0.295 e. The molecule has 1 aliphatic rings. The van der Waals surface area contributed by atoms with Gasteiger partial charge in [0.25, 0.3) is 11.7 Å². The minimum absolute atomic E-state index is 0.0169. The van der Waals surface area contributed by atoms with Gasteiger partial charge in [-0.15, -0.1) is 0 Å². The first-order valence-corrected chi connectivity index (χ1v) is 10.6. The van der Waals surface area contributed by atoms with Crippen LogP contribution in [0.4, 0.5) is 8.78 Å². The van der Waals surface area contributed by atoms with Gasteiger partial charge in [0.2, 0.25) is 0 Å². The summed E-state index contributed by atoms with van der Waals surface area (Å²) in [6.45, 7) is 1.86. The second kappa shape index (κ2) is 8.67. The van der Waals surface area contributed by atoms with E-state index >= 15 is 0 Å². The van der Waals surface area contributed by atoms with E-state index in [-0.39, 0.29) is 17.9 Å². The summed E-state index contributed by atoms with van der Waals surface area (Å²) in [7, 11) is 0. The van der Waals surface area contributed by atoms with E-state index in [2.05, 4.69) is 15.9 Å². The molecule has 0 radical (unpaired) electrons.